The second-order valence-corrected chi connectivity index (χ2v) is 4.54. The first-order valence-corrected chi connectivity index (χ1v) is 7.05. The maximum Gasteiger partial charge on any atom is 0.339 e. The Hall–Kier alpha value is -2.52. The summed E-state index contributed by atoms with van der Waals surface area (Å²) in [7, 11) is 1.25. The number of carbonyl (C=O) groups is 2. The molecule has 0 atom stereocenters. The van der Waals surface area contributed by atoms with Crippen LogP contribution < -0.4 is 10.6 Å². The van der Waals surface area contributed by atoms with E-state index in [-0.39, 0.29) is 16.8 Å². The van der Waals surface area contributed by atoms with Crippen molar-refractivity contribution >= 4 is 29.2 Å². The van der Waals surface area contributed by atoms with Gasteiger partial charge in [0.1, 0.15) is 11.6 Å². The van der Waals surface area contributed by atoms with E-state index in [4.69, 9.17) is 16.9 Å². The van der Waals surface area contributed by atoms with Gasteiger partial charge in [-0.2, -0.15) is 5.26 Å². The molecule has 0 aliphatic carbocycles. The average molecular weight is 322 g/mol. The normalized spacial score (nSPS) is 10.5. The number of nitrogens with zero attached hydrogens (tertiary/aromatic N) is 1. The fraction of sp³-hybridized carbons (Fsp3) is 0.267. The van der Waals surface area contributed by atoms with Crippen molar-refractivity contribution in [2.45, 2.75) is 6.42 Å². The molecule has 2 N–H and O–H groups in total. The maximum absolute atomic E-state index is 12.1. The molecule has 0 heterocycles. The van der Waals surface area contributed by atoms with Gasteiger partial charge in [-0.15, -0.1) is 11.6 Å². The fourth-order valence-corrected chi connectivity index (χ4v) is 1.70. The van der Waals surface area contributed by atoms with Crippen LogP contribution in [0.2, 0.25) is 0 Å². The summed E-state index contributed by atoms with van der Waals surface area (Å²) in [5, 5.41) is 14.4. The lowest BCUT2D eigenvalue weighted by Gasteiger charge is -2.09. The van der Waals surface area contributed by atoms with E-state index in [0.29, 0.717) is 18.8 Å². The molecule has 1 amide bonds. The second kappa shape index (κ2) is 9.42. The third-order valence-corrected chi connectivity index (χ3v) is 2.91. The summed E-state index contributed by atoms with van der Waals surface area (Å²) in [6.45, 7) is 0.556. The van der Waals surface area contributed by atoms with Gasteiger partial charge in [0.25, 0.3) is 5.91 Å². The lowest BCUT2D eigenvalue weighted by Crippen LogP contribution is -2.19. The molecule has 0 bridgehead atoms. The fourth-order valence-electron chi connectivity index (χ4n) is 1.56. The number of rotatable bonds is 7. The lowest BCUT2D eigenvalue weighted by atomic mass is 10.1. The molecule has 6 nitrogen and oxygen atoms in total. The lowest BCUT2D eigenvalue weighted by molar-refractivity contribution is -0.112. The van der Waals surface area contributed by atoms with E-state index >= 15 is 0 Å². The summed E-state index contributed by atoms with van der Waals surface area (Å²) in [6.07, 6.45) is 2.03. The molecule has 116 valence electrons. The van der Waals surface area contributed by atoms with Crippen molar-refractivity contribution in [3.05, 3.63) is 41.6 Å². The van der Waals surface area contributed by atoms with E-state index in [1.807, 2.05) is 0 Å². The Kier molecular flexibility index (Phi) is 7.51. The van der Waals surface area contributed by atoms with E-state index in [2.05, 4.69) is 15.4 Å². The monoisotopic (exact) mass is 321 g/mol. The number of methoxy groups -OCH3 is 1. The number of halogens is 1. The van der Waals surface area contributed by atoms with E-state index in [9.17, 15) is 9.59 Å². The van der Waals surface area contributed by atoms with Crippen molar-refractivity contribution in [2.24, 2.45) is 0 Å². The van der Waals surface area contributed by atoms with E-state index in [1.54, 1.807) is 24.3 Å². The van der Waals surface area contributed by atoms with Gasteiger partial charge in [-0.3, -0.25) is 4.79 Å². The molecular formula is C15H16ClN3O3. The Morgan fingerprint density at radius 2 is 2.14 bits per heavy atom. The smallest absolute Gasteiger partial charge is 0.339 e. The molecule has 0 aliphatic rings. The molecule has 0 fully saturated rings. The molecule has 1 aromatic rings. The van der Waals surface area contributed by atoms with Gasteiger partial charge < -0.3 is 15.4 Å². The molecule has 0 unspecified atom stereocenters. The number of hydrogen-bond acceptors (Lipinski definition) is 5. The molecule has 1 rings (SSSR count). The van der Waals surface area contributed by atoms with Crippen LogP contribution in [0.25, 0.3) is 0 Å². The Balaban J connectivity index is 2.83. The summed E-state index contributed by atoms with van der Waals surface area (Å²) in [5.74, 6) is -0.697. The Morgan fingerprint density at radius 3 is 2.77 bits per heavy atom. The van der Waals surface area contributed by atoms with E-state index in [1.165, 1.54) is 19.4 Å². The summed E-state index contributed by atoms with van der Waals surface area (Å²) < 4.78 is 4.64. The number of ether oxygens (including phenoxy) is 1. The topological polar surface area (TPSA) is 91.2 Å². The van der Waals surface area contributed by atoms with Gasteiger partial charge in [0.2, 0.25) is 0 Å². The van der Waals surface area contributed by atoms with Crippen molar-refractivity contribution in [3.8, 4) is 6.07 Å². The highest BCUT2D eigenvalue weighted by molar-refractivity contribution is 6.17. The van der Waals surface area contributed by atoms with Crippen LogP contribution in [-0.4, -0.2) is 31.4 Å². The highest BCUT2D eigenvalue weighted by atomic mass is 35.5. The van der Waals surface area contributed by atoms with Crippen molar-refractivity contribution < 1.29 is 14.3 Å². The Bertz CT molecular complexity index is 608. The Morgan fingerprint density at radius 1 is 1.41 bits per heavy atom. The maximum atomic E-state index is 12.1. The largest absolute Gasteiger partial charge is 0.465 e. The third-order valence-electron chi connectivity index (χ3n) is 2.65. The first kappa shape index (κ1) is 17.5. The number of amides is 1. The van der Waals surface area contributed by atoms with Gasteiger partial charge in [0.05, 0.1) is 18.4 Å². The van der Waals surface area contributed by atoms with Crippen LogP contribution in [0.15, 0.2) is 36.0 Å². The number of carbonyl (C=O) groups excluding carboxylic acids is 2. The average Bonchev–Trinajstić information content (AvgIpc) is 2.54. The molecule has 0 radical (unpaired) electrons. The van der Waals surface area contributed by atoms with E-state index < -0.39 is 11.9 Å². The van der Waals surface area contributed by atoms with Gasteiger partial charge in [0, 0.05) is 18.6 Å². The van der Waals surface area contributed by atoms with Crippen molar-refractivity contribution in [3.63, 3.8) is 0 Å². The van der Waals surface area contributed by atoms with Crippen LogP contribution in [0, 0.1) is 11.3 Å². The van der Waals surface area contributed by atoms with Gasteiger partial charge in [-0.1, -0.05) is 12.1 Å². The van der Waals surface area contributed by atoms with Crippen LogP contribution in [0.3, 0.4) is 0 Å². The van der Waals surface area contributed by atoms with Gasteiger partial charge in [-0.25, -0.2) is 4.79 Å². The molecular weight excluding hydrogens is 306 g/mol. The first-order valence-electron chi connectivity index (χ1n) is 6.52. The third kappa shape index (κ3) is 5.11. The number of alkyl halides is 1. The van der Waals surface area contributed by atoms with Crippen LogP contribution >= 0.6 is 11.6 Å². The molecule has 7 heteroatoms. The number of esters is 1. The molecule has 0 saturated carbocycles. The number of hydrogen-bond donors (Lipinski definition) is 2. The number of para-hydroxylation sites is 1. The van der Waals surface area contributed by atoms with E-state index in [0.717, 1.165) is 0 Å². The van der Waals surface area contributed by atoms with Crippen LogP contribution in [0.1, 0.15) is 16.8 Å². The molecule has 0 spiro atoms. The summed E-state index contributed by atoms with van der Waals surface area (Å²) >= 11 is 5.53. The van der Waals surface area contributed by atoms with Crippen molar-refractivity contribution in [1.29, 1.82) is 5.26 Å². The summed E-state index contributed by atoms with van der Waals surface area (Å²) in [6, 6.07) is 8.19. The quantitative estimate of drug-likeness (QED) is 0.264. The number of benzene rings is 1. The molecule has 0 aromatic heterocycles. The van der Waals surface area contributed by atoms with Crippen molar-refractivity contribution in [2.75, 3.05) is 24.9 Å². The molecule has 0 saturated heterocycles. The van der Waals surface area contributed by atoms with Crippen molar-refractivity contribution in [1.82, 2.24) is 5.32 Å². The SMILES string of the molecule is COC(=O)c1ccccc1NC(=O)/C(C#N)=C\NCCCCl. The molecule has 22 heavy (non-hydrogen) atoms. The summed E-state index contributed by atoms with van der Waals surface area (Å²) in [4.78, 5) is 23.7. The number of nitriles is 1. The zero-order chi connectivity index (χ0) is 16.4. The standard InChI is InChI=1S/C15H16ClN3O3/c1-22-15(21)12-5-2-3-6-13(12)19-14(20)11(9-17)10-18-8-4-7-16/h2-3,5-6,10,18H,4,7-8H2,1H3,(H,19,20)/b11-10-. The van der Waals surface area contributed by atoms with Gasteiger partial charge in [0.15, 0.2) is 0 Å². The predicted octanol–water partition coefficient (Wildman–Crippen LogP) is 2.04. The minimum absolute atomic E-state index is 0.103. The van der Waals surface area contributed by atoms with Gasteiger partial charge >= 0.3 is 5.97 Å². The van der Waals surface area contributed by atoms with Crippen LogP contribution in [0.4, 0.5) is 5.69 Å². The highest BCUT2D eigenvalue weighted by Crippen LogP contribution is 2.16. The van der Waals surface area contributed by atoms with Crippen LogP contribution in [0.5, 0.6) is 0 Å². The first-order chi connectivity index (χ1) is 10.6. The second-order valence-electron chi connectivity index (χ2n) is 4.16. The summed E-state index contributed by atoms with van der Waals surface area (Å²) in [5.41, 5.74) is 0.390. The number of anilines is 1. The molecule has 1 aromatic carbocycles. The zero-order valence-electron chi connectivity index (χ0n) is 12.1. The van der Waals surface area contributed by atoms with Crippen LogP contribution in [-0.2, 0) is 9.53 Å². The minimum atomic E-state index is -0.614. The Labute approximate surface area is 133 Å². The minimum Gasteiger partial charge on any atom is -0.465 e. The predicted molar refractivity (Wildman–Crippen MR) is 83.4 cm³/mol. The van der Waals surface area contributed by atoms with Gasteiger partial charge in [-0.05, 0) is 18.6 Å². The molecule has 0 aliphatic heterocycles. The zero-order valence-corrected chi connectivity index (χ0v) is 12.8. The number of nitrogens with one attached hydrogen (secondary N) is 2. The highest BCUT2D eigenvalue weighted by Gasteiger charge is 2.15.